The largest absolute Gasteiger partial charge is 0.330 e. The normalized spacial score (nSPS) is 16.0. The first-order chi connectivity index (χ1) is 5.70. The number of nitrogens with two attached hydrogens (primary N) is 3. The van der Waals surface area contributed by atoms with Crippen LogP contribution in [0.5, 0.6) is 0 Å². The minimum Gasteiger partial charge on any atom is -0.330 e. The van der Waals surface area contributed by atoms with Crippen molar-refractivity contribution in [3.05, 3.63) is 0 Å². The van der Waals surface area contributed by atoms with Gasteiger partial charge in [-0.3, -0.25) is 0 Å². The van der Waals surface area contributed by atoms with E-state index in [2.05, 4.69) is 0 Å². The lowest BCUT2D eigenvalue weighted by molar-refractivity contribution is 0.411. The Balaban J connectivity index is 3.39. The summed E-state index contributed by atoms with van der Waals surface area (Å²) in [6, 6.07) is 0.274. The first-order valence-corrected chi connectivity index (χ1v) is 4.86. The predicted octanol–water partition coefficient (Wildman–Crippen LogP) is 0.428. The third-order valence-electron chi connectivity index (χ3n) is 2.10. The van der Waals surface area contributed by atoms with Crippen LogP contribution >= 0.6 is 0 Å². The van der Waals surface area contributed by atoms with E-state index < -0.39 is 0 Å². The van der Waals surface area contributed by atoms with Crippen molar-refractivity contribution in [2.24, 2.45) is 23.1 Å². The smallest absolute Gasteiger partial charge is 0.00135 e. The number of hydrogen-bond acceptors (Lipinski definition) is 3. The maximum absolute atomic E-state index is 5.69. The molecule has 2 atom stereocenters. The summed E-state index contributed by atoms with van der Waals surface area (Å²) in [6.07, 6.45) is 4.51. The summed E-state index contributed by atoms with van der Waals surface area (Å²) in [6.45, 7) is 3.58. The molecule has 0 saturated carbocycles. The first kappa shape index (κ1) is 11.9. The highest BCUT2D eigenvalue weighted by atomic mass is 14.6. The van der Waals surface area contributed by atoms with E-state index in [1.807, 2.05) is 6.92 Å². The van der Waals surface area contributed by atoms with Crippen molar-refractivity contribution in [3.8, 4) is 0 Å². The maximum Gasteiger partial charge on any atom is 0.00135 e. The zero-order chi connectivity index (χ0) is 9.40. The van der Waals surface area contributed by atoms with Crippen molar-refractivity contribution in [2.75, 3.05) is 13.1 Å². The monoisotopic (exact) mass is 173 g/mol. The summed E-state index contributed by atoms with van der Waals surface area (Å²) < 4.78 is 0. The van der Waals surface area contributed by atoms with Crippen molar-refractivity contribution in [1.82, 2.24) is 0 Å². The van der Waals surface area contributed by atoms with Gasteiger partial charge >= 0.3 is 0 Å². The van der Waals surface area contributed by atoms with E-state index in [1.165, 1.54) is 12.8 Å². The van der Waals surface area contributed by atoms with Crippen LogP contribution in [0, 0.1) is 5.92 Å². The van der Waals surface area contributed by atoms with Gasteiger partial charge in [0.25, 0.3) is 0 Å². The molecule has 0 amide bonds. The molecule has 0 aromatic carbocycles. The summed E-state index contributed by atoms with van der Waals surface area (Å²) in [5.74, 6) is 0.594. The molecule has 0 aliphatic carbocycles. The number of hydrogen-bond donors (Lipinski definition) is 3. The molecule has 0 aromatic rings. The second kappa shape index (κ2) is 7.53. The van der Waals surface area contributed by atoms with E-state index in [9.17, 15) is 0 Å². The molecule has 0 rings (SSSR count). The molecule has 74 valence electrons. The van der Waals surface area contributed by atoms with Gasteiger partial charge < -0.3 is 17.2 Å². The van der Waals surface area contributed by atoms with Gasteiger partial charge in [-0.05, 0) is 45.2 Å². The van der Waals surface area contributed by atoms with E-state index in [0.29, 0.717) is 5.92 Å². The summed E-state index contributed by atoms with van der Waals surface area (Å²) in [5, 5.41) is 0. The molecule has 3 heteroatoms. The van der Waals surface area contributed by atoms with Gasteiger partial charge in [0.05, 0.1) is 0 Å². The fourth-order valence-electron chi connectivity index (χ4n) is 1.44. The van der Waals surface area contributed by atoms with Gasteiger partial charge in [-0.1, -0.05) is 6.42 Å². The SMILES string of the molecule is CC(N)CC(CN)CCCCN. The van der Waals surface area contributed by atoms with Gasteiger partial charge in [-0.15, -0.1) is 0 Å². The molecule has 0 aromatic heterocycles. The van der Waals surface area contributed by atoms with Crippen molar-refractivity contribution >= 4 is 0 Å². The van der Waals surface area contributed by atoms with Gasteiger partial charge in [0.15, 0.2) is 0 Å². The van der Waals surface area contributed by atoms with Gasteiger partial charge in [0.2, 0.25) is 0 Å². The lowest BCUT2D eigenvalue weighted by Gasteiger charge is -2.16. The third-order valence-corrected chi connectivity index (χ3v) is 2.10. The lowest BCUT2D eigenvalue weighted by Crippen LogP contribution is -2.24. The van der Waals surface area contributed by atoms with Crippen LogP contribution in [0.3, 0.4) is 0 Å². The molecule has 0 radical (unpaired) electrons. The minimum atomic E-state index is 0.274. The molecule has 0 heterocycles. The maximum atomic E-state index is 5.69. The predicted molar refractivity (Wildman–Crippen MR) is 53.7 cm³/mol. The van der Waals surface area contributed by atoms with E-state index >= 15 is 0 Å². The lowest BCUT2D eigenvalue weighted by atomic mass is 9.95. The van der Waals surface area contributed by atoms with Gasteiger partial charge in [0.1, 0.15) is 0 Å². The van der Waals surface area contributed by atoms with Crippen LogP contribution in [0.4, 0.5) is 0 Å². The highest BCUT2D eigenvalue weighted by Gasteiger charge is 2.08. The molecule has 3 nitrogen and oxygen atoms in total. The zero-order valence-electron chi connectivity index (χ0n) is 8.13. The van der Waals surface area contributed by atoms with Gasteiger partial charge in [-0.25, -0.2) is 0 Å². The van der Waals surface area contributed by atoms with Crippen molar-refractivity contribution < 1.29 is 0 Å². The molecular weight excluding hydrogens is 150 g/mol. The Hall–Kier alpha value is -0.120. The summed E-state index contributed by atoms with van der Waals surface area (Å²) in [7, 11) is 0. The molecule has 12 heavy (non-hydrogen) atoms. The standard InChI is InChI=1S/C9H23N3/c1-8(12)6-9(7-11)4-2-3-5-10/h8-9H,2-7,10-12H2,1H3. The first-order valence-electron chi connectivity index (χ1n) is 4.86. The van der Waals surface area contributed by atoms with E-state index in [-0.39, 0.29) is 6.04 Å². The Morgan fingerprint density at radius 2 is 1.83 bits per heavy atom. The van der Waals surface area contributed by atoms with Crippen LogP contribution < -0.4 is 17.2 Å². The third kappa shape index (κ3) is 6.58. The zero-order valence-corrected chi connectivity index (χ0v) is 8.13. The number of unbranched alkanes of at least 4 members (excludes halogenated alkanes) is 1. The van der Waals surface area contributed by atoms with Gasteiger partial charge in [0, 0.05) is 6.04 Å². The van der Waals surface area contributed by atoms with Crippen molar-refractivity contribution in [1.29, 1.82) is 0 Å². The highest BCUT2D eigenvalue weighted by molar-refractivity contribution is 4.65. The topological polar surface area (TPSA) is 78.1 Å². The van der Waals surface area contributed by atoms with Crippen LogP contribution in [0.2, 0.25) is 0 Å². The second-order valence-electron chi connectivity index (χ2n) is 3.60. The van der Waals surface area contributed by atoms with Gasteiger partial charge in [-0.2, -0.15) is 0 Å². The van der Waals surface area contributed by atoms with E-state index in [0.717, 1.165) is 25.9 Å². The molecule has 0 spiro atoms. The molecule has 0 saturated heterocycles. The molecule has 0 bridgehead atoms. The molecule has 0 aliphatic rings. The molecule has 2 unspecified atom stereocenters. The molecule has 0 fully saturated rings. The van der Waals surface area contributed by atoms with Crippen LogP contribution in [0.15, 0.2) is 0 Å². The number of rotatable bonds is 7. The Bertz CT molecular complexity index is 93.8. The molecule has 0 aliphatic heterocycles. The average molecular weight is 173 g/mol. The highest BCUT2D eigenvalue weighted by Crippen LogP contribution is 2.12. The van der Waals surface area contributed by atoms with Crippen molar-refractivity contribution in [2.45, 2.75) is 38.6 Å². The van der Waals surface area contributed by atoms with Crippen LogP contribution in [0.25, 0.3) is 0 Å². The Morgan fingerprint density at radius 3 is 2.25 bits per heavy atom. The Morgan fingerprint density at radius 1 is 1.17 bits per heavy atom. The van der Waals surface area contributed by atoms with Crippen LogP contribution in [-0.4, -0.2) is 19.1 Å². The van der Waals surface area contributed by atoms with Crippen molar-refractivity contribution in [3.63, 3.8) is 0 Å². The second-order valence-corrected chi connectivity index (χ2v) is 3.60. The van der Waals surface area contributed by atoms with E-state index in [4.69, 9.17) is 17.2 Å². The summed E-state index contributed by atoms with van der Waals surface area (Å²) in [5.41, 5.74) is 16.7. The Kier molecular flexibility index (Phi) is 7.45. The minimum absolute atomic E-state index is 0.274. The van der Waals surface area contributed by atoms with Crippen LogP contribution in [-0.2, 0) is 0 Å². The Labute approximate surface area is 75.7 Å². The average Bonchev–Trinajstić information content (AvgIpc) is 2.02. The summed E-state index contributed by atoms with van der Waals surface area (Å²) in [4.78, 5) is 0. The summed E-state index contributed by atoms with van der Waals surface area (Å²) >= 11 is 0. The van der Waals surface area contributed by atoms with E-state index in [1.54, 1.807) is 0 Å². The molecular formula is C9H23N3. The fourth-order valence-corrected chi connectivity index (χ4v) is 1.44. The molecule has 6 N–H and O–H groups in total. The van der Waals surface area contributed by atoms with Crippen LogP contribution in [0.1, 0.15) is 32.6 Å². The quantitative estimate of drug-likeness (QED) is 0.488. The fraction of sp³-hybridized carbons (Fsp3) is 1.00.